The molecule has 1 saturated carbocycles. The summed E-state index contributed by atoms with van der Waals surface area (Å²) in [7, 11) is 0. The van der Waals surface area contributed by atoms with Crippen LogP contribution in [0.1, 0.15) is 36.6 Å². The SMILES string of the molecule is Cc1ccc(-c2noc(C3CCC(F)(F)C3)n2)cc1. The maximum absolute atomic E-state index is 13.2. The topological polar surface area (TPSA) is 38.9 Å². The highest BCUT2D eigenvalue weighted by Gasteiger charge is 2.42. The van der Waals surface area contributed by atoms with E-state index in [-0.39, 0.29) is 18.8 Å². The lowest BCUT2D eigenvalue weighted by Gasteiger charge is -2.06. The number of hydrogen-bond acceptors (Lipinski definition) is 3. The normalized spacial score (nSPS) is 21.7. The van der Waals surface area contributed by atoms with E-state index in [1.54, 1.807) is 0 Å². The number of aryl methyl sites for hydroxylation is 1. The molecule has 1 atom stereocenters. The van der Waals surface area contributed by atoms with Gasteiger partial charge in [-0.15, -0.1) is 0 Å². The van der Waals surface area contributed by atoms with Crippen LogP contribution in [0, 0.1) is 6.92 Å². The van der Waals surface area contributed by atoms with Crippen LogP contribution in [-0.4, -0.2) is 16.1 Å². The maximum atomic E-state index is 13.2. The van der Waals surface area contributed by atoms with Gasteiger partial charge in [0.15, 0.2) is 0 Å². The van der Waals surface area contributed by atoms with Crippen molar-refractivity contribution in [3.05, 3.63) is 35.7 Å². The molecular formula is C14H14F2N2O. The Labute approximate surface area is 109 Å². The Balaban J connectivity index is 1.82. The van der Waals surface area contributed by atoms with Gasteiger partial charge >= 0.3 is 0 Å². The zero-order chi connectivity index (χ0) is 13.5. The summed E-state index contributed by atoms with van der Waals surface area (Å²) in [4.78, 5) is 4.25. The van der Waals surface area contributed by atoms with Crippen molar-refractivity contribution >= 4 is 0 Å². The van der Waals surface area contributed by atoms with E-state index in [9.17, 15) is 8.78 Å². The standard InChI is InChI=1S/C14H14F2N2O/c1-9-2-4-10(5-3-9)12-17-13(19-18-12)11-6-7-14(15,16)8-11/h2-5,11H,6-8H2,1H3. The average molecular weight is 264 g/mol. The fourth-order valence-electron chi connectivity index (χ4n) is 2.38. The maximum Gasteiger partial charge on any atom is 0.248 e. The molecule has 1 heterocycles. The fraction of sp³-hybridized carbons (Fsp3) is 0.429. The van der Waals surface area contributed by atoms with E-state index in [0.717, 1.165) is 11.1 Å². The Hall–Kier alpha value is -1.78. The van der Waals surface area contributed by atoms with Crippen molar-refractivity contribution < 1.29 is 13.3 Å². The molecule has 100 valence electrons. The van der Waals surface area contributed by atoms with Crippen LogP contribution in [0.15, 0.2) is 28.8 Å². The quantitative estimate of drug-likeness (QED) is 0.824. The van der Waals surface area contributed by atoms with E-state index in [1.165, 1.54) is 0 Å². The molecule has 3 nitrogen and oxygen atoms in total. The van der Waals surface area contributed by atoms with Gasteiger partial charge in [-0.1, -0.05) is 35.0 Å². The van der Waals surface area contributed by atoms with Gasteiger partial charge in [-0.3, -0.25) is 0 Å². The van der Waals surface area contributed by atoms with Crippen molar-refractivity contribution in [2.45, 2.75) is 38.0 Å². The minimum absolute atomic E-state index is 0.0973. The third-order valence-corrected chi connectivity index (χ3v) is 3.50. The molecule has 3 rings (SSSR count). The number of nitrogens with zero attached hydrogens (tertiary/aromatic N) is 2. The summed E-state index contributed by atoms with van der Waals surface area (Å²) in [5, 5.41) is 3.88. The minimum atomic E-state index is -2.59. The average Bonchev–Trinajstić information content (AvgIpc) is 2.96. The highest BCUT2D eigenvalue weighted by molar-refractivity contribution is 5.54. The van der Waals surface area contributed by atoms with E-state index in [1.807, 2.05) is 31.2 Å². The number of rotatable bonds is 2. The second kappa shape index (κ2) is 4.40. The first-order valence-corrected chi connectivity index (χ1v) is 6.32. The molecule has 1 aliphatic carbocycles. The molecule has 0 spiro atoms. The number of benzene rings is 1. The molecular weight excluding hydrogens is 250 g/mol. The summed E-state index contributed by atoms with van der Waals surface area (Å²) >= 11 is 0. The van der Waals surface area contributed by atoms with E-state index in [0.29, 0.717) is 18.1 Å². The molecule has 5 heteroatoms. The molecule has 1 aromatic carbocycles. The summed E-state index contributed by atoms with van der Waals surface area (Å²) in [6.45, 7) is 1.99. The van der Waals surface area contributed by atoms with Crippen molar-refractivity contribution in [1.82, 2.24) is 10.1 Å². The van der Waals surface area contributed by atoms with Gasteiger partial charge in [-0.25, -0.2) is 8.78 Å². The van der Waals surface area contributed by atoms with Crippen molar-refractivity contribution in [2.24, 2.45) is 0 Å². The second-order valence-corrected chi connectivity index (χ2v) is 5.12. The minimum Gasteiger partial charge on any atom is -0.339 e. The molecule has 1 aromatic heterocycles. The predicted octanol–water partition coefficient (Wildman–Crippen LogP) is 3.95. The predicted molar refractivity (Wildman–Crippen MR) is 66.0 cm³/mol. The molecule has 19 heavy (non-hydrogen) atoms. The number of hydrogen-bond donors (Lipinski definition) is 0. The fourth-order valence-corrected chi connectivity index (χ4v) is 2.38. The van der Waals surface area contributed by atoms with Gasteiger partial charge in [0, 0.05) is 24.3 Å². The lowest BCUT2D eigenvalue weighted by molar-refractivity contribution is 0.00690. The Morgan fingerprint density at radius 3 is 2.63 bits per heavy atom. The molecule has 0 N–H and O–H groups in total. The van der Waals surface area contributed by atoms with Crippen LogP contribution >= 0.6 is 0 Å². The van der Waals surface area contributed by atoms with Crippen molar-refractivity contribution in [1.29, 1.82) is 0 Å². The van der Waals surface area contributed by atoms with Crippen LogP contribution in [0.25, 0.3) is 11.4 Å². The van der Waals surface area contributed by atoms with Crippen molar-refractivity contribution in [3.63, 3.8) is 0 Å². The first kappa shape index (κ1) is 12.3. The molecule has 1 aliphatic rings. The van der Waals surface area contributed by atoms with E-state index < -0.39 is 5.92 Å². The van der Waals surface area contributed by atoms with E-state index >= 15 is 0 Å². The van der Waals surface area contributed by atoms with Crippen LogP contribution in [0.3, 0.4) is 0 Å². The van der Waals surface area contributed by atoms with Gasteiger partial charge in [-0.2, -0.15) is 4.98 Å². The van der Waals surface area contributed by atoms with Gasteiger partial charge < -0.3 is 4.52 Å². The molecule has 0 aliphatic heterocycles. The van der Waals surface area contributed by atoms with E-state index in [4.69, 9.17) is 4.52 Å². The smallest absolute Gasteiger partial charge is 0.248 e. The van der Waals surface area contributed by atoms with Gasteiger partial charge in [0.05, 0.1) is 0 Å². The van der Waals surface area contributed by atoms with Crippen molar-refractivity contribution in [2.75, 3.05) is 0 Å². The molecule has 0 radical (unpaired) electrons. The summed E-state index contributed by atoms with van der Waals surface area (Å²) in [5.74, 6) is -2.12. The summed E-state index contributed by atoms with van der Waals surface area (Å²) < 4.78 is 31.5. The first-order chi connectivity index (χ1) is 9.03. The zero-order valence-electron chi connectivity index (χ0n) is 10.6. The van der Waals surface area contributed by atoms with Crippen LogP contribution in [0.4, 0.5) is 8.78 Å². The van der Waals surface area contributed by atoms with Crippen LogP contribution in [0.2, 0.25) is 0 Å². The lowest BCUT2D eigenvalue weighted by atomic mass is 10.1. The van der Waals surface area contributed by atoms with Gasteiger partial charge in [0.25, 0.3) is 0 Å². The highest BCUT2D eigenvalue weighted by Crippen LogP contribution is 2.43. The van der Waals surface area contributed by atoms with Crippen LogP contribution in [-0.2, 0) is 0 Å². The third-order valence-electron chi connectivity index (χ3n) is 3.50. The highest BCUT2D eigenvalue weighted by atomic mass is 19.3. The third kappa shape index (κ3) is 2.50. The van der Waals surface area contributed by atoms with Gasteiger partial charge in [-0.05, 0) is 13.3 Å². The Morgan fingerprint density at radius 2 is 2.00 bits per heavy atom. The zero-order valence-corrected chi connectivity index (χ0v) is 10.6. The number of halogens is 2. The Bertz CT molecular complexity index is 577. The summed E-state index contributed by atoms with van der Waals surface area (Å²) in [6, 6.07) is 7.70. The largest absolute Gasteiger partial charge is 0.339 e. The summed E-state index contributed by atoms with van der Waals surface area (Å²) in [6.07, 6.45) is 0.116. The van der Waals surface area contributed by atoms with E-state index in [2.05, 4.69) is 10.1 Å². The summed E-state index contributed by atoms with van der Waals surface area (Å²) in [5.41, 5.74) is 1.98. The second-order valence-electron chi connectivity index (χ2n) is 5.12. The van der Waals surface area contributed by atoms with Crippen LogP contribution in [0.5, 0.6) is 0 Å². The van der Waals surface area contributed by atoms with Crippen LogP contribution < -0.4 is 0 Å². The molecule has 0 bridgehead atoms. The van der Waals surface area contributed by atoms with Gasteiger partial charge in [0.1, 0.15) is 0 Å². The molecule has 1 fully saturated rings. The lowest BCUT2D eigenvalue weighted by Crippen LogP contribution is -2.09. The van der Waals surface area contributed by atoms with Crippen molar-refractivity contribution in [3.8, 4) is 11.4 Å². The molecule has 2 aromatic rings. The molecule has 1 unspecified atom stereocenters. The Morgan fingerprint density at radius 1 is 1.26 bits per heavy atom. The Kier molecular flexibility index (Phi) is 2.84. The first-order valence-electron chi connectivity index (χ1n) is 6.32. The molecule has 0 amide bonds. The number of aromatic nitrogens is 2. The van der Waals surface area contributed by atoms with Gasteiger partial charge in [0.2, 0.25) is 17.6 Å². The monoisotopic (exact) mass is 264 g/mol. The molecule has 0 saturated heterocycles. The number of alkyl halides is 2.